The van der Waals surface area contributed by atoms with E-state index in [1.165, 1.54) is 0 Å². The Bertz CT molecular complexity index is 1080. The Kier molecular flexibility index (Phi) is 5.78. The van der Waals surface area contributed by atoms with Crippen molar-refractivity contribution in [1.29, 1.82) is 0 Å². The number of halogens is 3. The number of imidazole rings is 1. The minimum atomic E-state index is -4.85. The number of fused-ring (bicyclic) bond motifs is 1. The number of nitrogens with zero attached hydrogens (tertiary/aromatic N) is 3. The van der Waals surface area contributed by atoms with Gasteiger partial charge in [-0.1, -0.05) is 23.9 Å². The van der Waals surface area contributed by atoms with Crippen LogP contribution < -0.4 is 5.32 Å². The maximum absolute atomic E-state index is 13.2. The molecule has 3 aromatic rings. The molecule has 0 aliphatic rings. The maximum atomic E-state index is 13.2. The highest BCUT2D eigenvalue weighted by Gasteiger charge is 2.35. The van der Waals surface area contributed by atoms with Gasteiger partial charge in [-0.25, -0.2) is 4.98 Å². The van der Waals surface area contributed by atoms with E-state index in [0.717, 1.165) is 34.9 Å². The zero-order chi connectivity index (χ0) is 21.2. The van der Waals surface area contributed by atoms with Crippen LogP contribution in [-0.2, 0) is 17.5 Å². The van der Waals surface area contributed by atoms with Crippen molar-refractivity contribution in [2.45, 2.75) is 24.8 Å². The van der Waals surface area contributed by atoms with Gasteiger partial charge >= 0.3 is 6.18 Å². The molecule has 0 saturated heterocycles. The van der Waals surface area contributed by atoms with Crippen molar-refractivity contribution in [2.24, 2.45) is 0 Å². The molecule has 0 aliphatic heterocycles. The number of thioether (sulfide) groups is 1. The summed E-state index contributed by atoms with van der Waals surface area (Å²) in [6.07, 6.45) is -4.85. The lowest BCUT2D eigenvalue weighted by molar-refractivity contribution is -0.385. The number of nitro benzene ring substituents is 1. The third-order valence-electron chi connectivity index (χ3n) is 4.06. The summed E-state index contributed by atoms with van der Waals surface area (Å²) in [7, 11) is 0. The van der Waals surface area contributed by atoms with Gasteiger partial charge in [0.25, 0.3) is 5.69 Å². The van der Waals surface area contributed by atoms with Gasteiger partial charge in [-0.2, -0.15) is 13.2 Å². The fourth-order valence-electron chi connectivity index (χ4n) is 2.77. The number of hydrogen-bond acceptors (Lipinski definition) is 5. The van der Waals surface area contributed by atoms with E-state index in [9.17, 15) is 28.1 Å². The second-order valence-corrected chi connectivity index (χ2v) is 6.89. The van der Waals surface area contributed by atoms with E-state index >= 15 is 0 Å². The zero-order valence-corrected chi connectivity index (χ0v) is 15.9. The summed E-state index contributed by atoms with van der Waals surface area (Å²) in [6, 6.07) is 9.62. The monoisotopic (exact) mass is 424 g/mol. The third kappa shape index (κ3) is 4.50. The van der Waals surface area contributed by atoms with Crippen molar-refractivity contribution in [3.05, 3.63) is 58.1 Å². The first-order valence-corrected chi connectivity index (χ1v) is 9.42. The number of nitrogens with one attached hydrogen (secondary N) is 1. The van der Waals surface area contributed by atoms with E-state index in [-0.39, 0.29) is 5.75 Å². The SMILES string of the molecule is CCn1c(SCC(=O)Nc2ccc([N+](=O)[O-])cc2C(F)(F)F)nc2ccccc21. The highest BCUT2D eigenvalue weighted by Crippen LogP contribution is 2.37. The Morgan fingerprint density at radius 3 is 2.66 bits per heavy atom. The number of rotatable bonds is 6. The van der Waals surface area contributed by atoms with Crippen LogP contribution in [0.15, 0.2) is 47.6 Å². The lowest BCUT2D eigenvalue weighted by atomic mass is 10.1. The molecule has 1 heterocycles. The molecule has 0 saturated carbocycles. The summed E-state index contributed by atoms with van der Waals surface area (Å²) < 4.78 is 41.6. The first-order chi connectivity index (χ1) is 13.7. The molecule has 1 N–H and O–H groups in total. The minimum Gasteiger partial charge on any atom is -0.325 e. The van der Waals surface area contributed by atoms with Crippen molar-refractivity contribution in [2.75, 3.05) is 11.1 Å². The second kappa shape index (κ2) is 8.11. The smallest absolute Gasteiger partial charge is 0.325 e. The fourth-order valence-corrected chi connectivity index (χ4v) is 3.65. The van der Waals surface area contributed by atoms with Gasteiger partial charge in [0, 0.05) is 18.7 Å². The average molecular weight is 424 g/mol. The summed E-state index contributed by atoms with van der Waals surface area (Å²) >= 11 is 1.10. The van der Waals surface area contributed by atoms with Gasteiger partial charge in [0.2, 0.25) is 5.91 Å². The number of amides is 1. The molecule has 1 amide bonds. The van der Waals surface area contributed by atoms with Gasteiger partial charge in [-0.15, -0.1) is 0 Å². The number of non-ortho nitro benzene ring substituents is 1. The second-order valence-electron chi connectivity index (χ2n) is 5.95. The molecule has 0 aliphatic carbocycles. The lowest BCUT2D eigenvalue weighted by Crippen LogP contribution is -2.18. The quantitative estimate of drug-likeness (QED) is 0.352. The van der Waals surface area contributed by atoms with E-state index in [1.54, 1.807) is 0 Å². The van der Waals surface area contributed by atoms with Crippen LogP contribution in [-0.4, -0.2) is 26.1 Å². The summed E-state index contributed by atoms with van der Waals surface area (Å²) in [6.45, 7) is 2.54. The molecule has 1 aromatic heterocycles. The molecule has 7 nitrogen and oxygen atoms in total. The largest absolute Gasteiger partial charge is 0.418 e. The van der Waals surface area contributed by atoms with Crippen LogP contribution in [0, 0.1) is 10.1 Å². The van der Waals surface area contributed by atoms with Crippen molar-refractivity contribution < 1.29 is 22.9 Å². The van der Waals surface area contributed by atoms with Gasteiger partial charge in [0.15, 0.2) is 5.16 Å². The van der Waals surface area contributed by atoms with Crippen molar-refractivity contribution in [3.8, 4) is 0 Å². The first kappa shape index (κ1) is 20.6. The Hall–Kier alpha value is -3.08. The minimum absolute atomic E-state index is 0.169. The maximum Gasteiger partial charge on any atom is 0.418 e. The number of carbonyl (C=O) groups is 1. The summed E-state index contributed by atoms with van der Waals surface area (Å²) in [5, 5.41) is 13.5. The number of nitro groups is 1. The van der Waals surface area contributed by atoms with Gasteiger partial charge in [0.05, 0.1) is 33.0 Å². The summed E-state index contributed by atoms with van der Waals surface area (Å²) in [4.78, 5) is 26.5. The third-order valence-corrected chi connectivity index (χ3v) is 5.04. The van der Waals surface area contributed by atoms with Crippen molar-refractivity contribution >= 4 is 40.1 Å². The van der Waals surface area contributed by atoms with Gasteiger partial charge in [-0.3, -0.25) is 14.9 Å². The predicted molar refractivity (Wildman–Crippen MR) is 103 cm³/mol. The zero-order valence-electron chi connectivity index (χ0n) is 15.1. The van der Waals surface area contributed by atoms with Gasteiger partial charge < -0.3 is 9.88 Å². The van der Waals surface area contributed by atoms with Crippen LogP contribution in [0.1, 0.15) is 12.5 Å². The van der Waals surface area contributed by atoms with Crippen LogP contribution in [0.4, 0.5) is 24.5 Å². The predicted octanol–water partition coefficient (Wildman–Crippen LogP) is 4.71. The van der Waals surface area contributed by atoms with Crippen LogP contribution in [0.5, 0.6) is 0 Å². The standard InChI is InChI=1S/C18H15F3N4O3S/c1-2-24-15-6-4-3-5-14(15)23-17(24)29-10-16(26)22-13-8-7-11(25(27)28)9-12(13)18(19,20)21/h3-9H,2,10H2,1H3,(H,22,26). The Balaban J connectivity index is 1.77. The lowest BCUT2D eigenvalue weighted by Gasteiger charge is -2.13. The van der Waals surface area contributed by atoms with E-state index in [2.05, 4.69) is 10.3 Å². The first-order valence-electron chi connectivity index (χ1n) is 8.44. The molecular formula is C18H15F3N4O3S. The van der Waals surface area contributed by atoms with Gasteiger partial charge in [-0.05, 0) is 25.1 Å². The molecule has 0 unspecified atom stereocenters. The number of aryl methyl sites for hydroxylation is 1. The van der Waals surface area contributed by atoms with Crippen LogP contribution >= 0.6 is 11.8 Å². The van der Waals surface area contributed by atoms with Crippen molar-refractivity contribution in [1.82, 2.24) is 9.55 Å². The molecule has 0 atom stereocenters. The molecule has 2 aromatic carbocycles. The number of carbonyl (C=O) groups excluding carboxylic acids is 1. The van der Waals surface area contributed by atoms with E-state index in [0.29, 0.717) is 17.8 Å². The number of hydrogen-bond donors (Lipinski definition) is 1. The summed E-state index contributed by atoms with van der Waals surface area (Å²) in [5.74, 6) is -0.846. The topological polar surface area (TPSA) is 90.1 Å². The van der Waals surface area contributed by atoms with E-state index in [4.69, 9.17) is 0 Å². The molecular weight excluding hydrogens is 409 g/mol. The average Bonchev–Trinajstić information content (AvgIpc) is 3.03. The Morgan fingerprint density at radius 2 is 2.00 bits per heavy atom. The Labute approximate surface area is 167 Å². The van der Waals surface area contributed by atoms with Crippen LogP contribution in [0.25, 0.3) is 11.0 Å². The number of alkyl halides is 3. The van der Waals surface area contributed by atoms with Crippen LogP contribution in [0.2, 0.25) is 0 Å². The number of anilines is 1. The van der Waals surface area contributed by atoms with E-state index < -0.39 is 33.9 Å². The molecule has 0 fully saturated rings. The van der Waals surface area contributed by atoms with Crippen molar-refractivity contribution in [3.63, 3.8) is 0 Å². The molecule has 11 heteroatoms. The Morgan fingerprint density at radius 1 is 1.28 bits per heavy atom. The highest BCUT2D eigenvalue weighted by atomic mass is 32.2. The highest BCUT2D eigenvalue weighted by molar-refractivity contribution is 7.99. The number of aromatic nitrogens is 2. The number of benzene rings is 2. The van der Waals surface area contributed by atoms with Crippen LogP contribution in [0.3, 0.4) is 0 Å². The molecule has 0 radical (unpaired) electrons. The molecule has 3 rings (SSSR count). The molecule has 152 valence electrons. The summed E-state index contributed by atoms with van der Waals surface area (Å²) in [5.41, 5.74) is -0.857. The van der Waals surface area contributed by atoms with E-state index in [1.807, 2.05) is 35.8 Å². The normalized spacial score (nSPS) is 11.6. The number of para-hydroxylation sites is 2. The fraction of sp³-hybridized carbons (Fsp3) is 0.222. The molecule has 29 heavy (non-hydrogen) atoms. The van der Waals surface area contributed by atoms with Gasteiger partial charge in [0.1, 0.15) is 0 Å². The molecule has 0 spiro atoms. The molecule has 0 bridgehead atoms.